The maximum absolute atomic E-state index is 13.1. The van der Waals surface area contributed by atoms with Crippen LogP contribution in [-0.4, -0.2) is 38.0 Å². The Labute approximate surface area is 206 Å². The van der Waals surface area contributed by atoms with Gasteiger partial charge < -0.3 is 10.1 Å². The average molecular weight is 495 g/mol. The molecule has 1 N–H and O–H groups in total. The van der Waals surface area contributed by atoms with Gasteiger partial charge in [-0.15, -0.1) is 5.10 Å². The second-order valence-electron chi connectivity index (χ2n) is 7.63. The topological polar surface area (TPSA) is 94.8 Å². The number of hydrogen-bond acceptors (Lipinski definition) is 7. The second kappa shape index (κ2) is 10.2. The molecule has 34 heavy (non-hydrogen) atoms. The van der Waals surface area contributed by atoms with Gasteiger partial charge in [-0.3, -0.25) is 4.79 Å². The highest BCUT2D eigenvalue weighted by molar-refractivity contribution is 7.98. The Morgan fingerprint density at radius 1 is 1.06 bits per heavy atom. The molecule has 0 fully saturated rings. The molecule has 0 aliphatic rings. The van der Waals surface area contributed by atoms with Crippen molar-refractivity contribution in [2.75, 3.05) is 12.4 Å². The predicted octanol–water partition coefficient (Wildman–Crippen LogP) is 5.19. The van der Waals surface area contributed by atoms with Crippen molar-refractivity contribution >= 4 is 35.0 Å². The van der Waals surface area contributed by atoms with E-state index in [2.05, 4.69) is 25.6 Å². The van der Waals surface area contributed by atoms with Crippen LogP contribution in [0.25, 0.3) is 5.69 Å². The fraction of sp³-hybridized carbons (Fsp3) is 0.208. The maximum atomic E-state index is 13.1. The van der Waals surface area contributed by atoms with E-state index in [9.17, 15) is 4.79 Å². The SMILES string of the molecule is COc1ccc(NC(=O)c2nnn(-c3ccc(C)c(Cl)c3)c2CSc2nc(C)cc(C)n2)cc1. The van der Waals surface area contributed by atoms with Crippen LogP contribution in [0.5, 0.6) is 5.75 Å². The molecule has 0 saturated carbocycles. The summed E-state index contributed by atoms with van der Waals surface area (Å²) in [5, 5.41) is 12.6. The van der Waals surface area contributed by atoms with Crippen molar-refractivity contribution in [1.29, 1.82) is 0 Å². The molecular formula is C24H23ClN6O2S. The van der Waals surface area contributed by atoms with E-state index >= 15 is 0 Å². The molecule has 0 spiro atoms. The first-order valence-electron chi connectivity index (χ1n) is 10.5. The van der Waals surface area contributed by atoms with Gasteiger partial charge in [-0.25, -0.2) is 14.6 Å². The molecule has 0 saturated heterocycles. The zero-order valence-corrected chi connectivity index (χ0v) is 20.7. The zero-order chi connectivity index (χ0) is 24.2. The molecule has 0 aliphatic heterocycles. The summed E-state index contributed by atoms with van der Waals surface area (Å²) < 4.78 is 6.80. The molecule has 4 rings (SSSR count). The third kappa shape index (κ3) is 5.37. The van der Waals surface area contributed by atoms with Crippen LogP contribution >= 0.6 is 23.4 Å². The molecule has 8 nitrogen and oxygen atoms in total. The Balaban J connectivity index is 1.67. The summed E-state index contributed by atoms with van der Waals surface area (Å²) in [5.74, 6) is 0.713. The van der Waals surface area contributed by atoms with Gasteiger partial charge in [-0.05, 0) is 68.8 Å². The van der Waals surface area contributed by atoms with E-state index in [1.165, 1.54) is 11.8 Å². The molecule has 1 amide bonds. The van der Waals surface area contributed by atoms with Crippen molar-refractivity contribution in [2.45, 2.75) is 31.7 Å². The van der Waals surface area contributed by atoms with E-state index in [1.807, 2.05) is 39.0 Å². The van der Waals surface area contributed by atoms with Gasteiger partial charge in [0.2, 0.25) is 0 Å². The molecule has 2 aromatic carbocycles. The monoisotopic (exact) mass is 494 g/mol. The predicted molar refractivity (Wildman–Crippen MR) is 133 cm³/mol. The summed E-state index contributed by atoms with van der Waals surface area (Å²) in [6, 6.07) is 14.6. The number of halogens is 1. The van der Waals surface area contributed by atoms with Crippen LogP contribution in [-0.2, 0) is 5.75 Å². The average Bonchev–Trinajstić information content (AvgIpc) is 3.23. The number of hydrogen-bond donors (Lipinski definition) is 1. The fourth-order valence-corrected chi connectivity index (χ4v) is 4.40. The molecule has 4 aromatic rings. The van der Waals surface area contributed by atoms with Crippen LogP contribution in [0.15, 0.2) is 53.7 Å². The Kier molecular flexibility index (Phi) is 7.14. The summed E-state index contributed by atoms with van der Waals surface area (Å²) in [5.41, 5.74) is 4.86. The second-order valence-corrected chi connectivity index (χ2v) is 8.98. The fourth-order valence-electron chi connectivity index (χ4n) is 3.28. The number of benzene rings is 2. The zero-order valence-electron chi connectivity index (χ0n) is 19.2. The number of amides is 1. The van der Waals surface area contributed by atoms with Gasteiger partial charge in [-0.1, -0.05) is 34.6 Å². The third-order valence-electron chi connectivity index (χ3n) is 5.03. The van der Waals surface area contributed by atoms with Crippen molar-refractivity contribution in [1.82, 2.24) is 25.0 Å². The Morgan fingerprint density at radius 2 is 1.76 bits per heavy atom. The van der Waals surface area contributed by atoms with E-state index in [-0.39, 0.29) is 11.6 Å². The number of rotatable bonds is 7. The van der Waals surface area contributed by atoms with Crippen molar-refractivity contribution in [2.24, 2.45) is 0 Å². The Bertz CT molecular complexity index is 1320. The summed E-state index contributed by atoms with van der Waals surface area (Å²) in [4.78, 5) is 22.1. The van der Waals surface area contributed by atoms with Crippen LogP contribution in [0.2, 0.25) is 5.02 Å². The molecule has 0 unspecified atom stereocenters. The highest BCUT2D eigenvalue weighted by Gasteiger charge is 2.22. The van der Waals surface area contributed by atoms with E-state index in [4.69, 9.17) is 16.3 Å². The highest BCUT2D eigenvalue weighted by Crippen LogP contribution is 2.26. The number of carbonyl (C=O) groups excluding carboxylic acids is 1. The number of thioether (sulfide) groups is 1. The van der Waals surface area contributed by atoms with E-state index in [1.54, 1.807) is 42.1 Å². The van der Waals surface area contributed by atoms with Gasteiger partial charge >= 0.3 is 0 Å². The minimum Gasteiger partial charge on any atom is -0.497 e. The standard InChI is InChI=1S/C24H23ClN6O2S/c1-14-5-8-18(12-20(14)25)31-21(13-34-24-26-15(2)11-16(3)27-24)22(29-30-31)23(32)28-17-6-9-19(33-4)10-7-17/h5-12H,13H2,1-4H3,(H,28,32). The first-order chi connectivity index (χ1) is 16.3. The van der Waals surface area contributed by atoms with Crippen LogP contribution in [0.4, 0.5) is 5.69 Å². The van der Waals surface area contributed by atoms with Gasteiger partial charge in [0.1, 0.15) is 5.75 Å². The van der Waals surface area contributed by atoms with E-state index in [0.717, 1.165) is 17.0 Å². The minimum atomic E-state index is -0.369. The van der Waals surface area contributed by atoms with E-state index in [0.29, 0.717) is 38.8 Å². The van der Waals surface area contributed by atoms with Crippen molar-refractivity contribution in [3.05, 3.63) is 81.9 Å². The summed E-state index contributed by atoms with van der Waals surface area (Å²) in [7, 11) is 1.59. The van der Waals surface area contributed by atoms with Crippen LogP contribution in [0, 0.1) is 20.8 Å². The molecule has 0 bridgehead atoms. The number of aromatic nitrogens is 5. The summed E-state index contributed by atoms with van der Waals surface area (Å²) in [6.07, 6.45) is 0. The van der Waals surface area contributed by atoms with Crippen molar-refractivity contribution in [3.63, 3.8) is 0 Å². The molecule has 0 aliphatic carbocycles. The first kappa shape index (κ1) is 23.7. The first-order valence-corrected chi connectivity index (χ1v) is 11.8. The summed E-state index contributed by atoms with van der Waals surface area (Å²) in [6.45, 7) is 5.77. The van der Waals surface area contributed by atoms with E-state index < -0.39 is 0 Å². The number of ether oxygens (including phenoxy) is 1. The number of methoxy groups -OCH3 is 1. The Hall–Kier alpha value is -3.43. The van der Waals surface area contributed by atoms with Crippen molar-refractivity contribution < 1.29 is 9.53 Å². The molecular weight excluding hydrogens is 472 g/mol. The maximum Gasteiger partial charge on any atom is 0.278 e. The molecule has 174 valence electrons. The largest absolute Gasteiger partial charge is 0.497 e. The van der Waals surface area contributed by atoms with Gasteiger partial charge in [0.15, 0.2) is 10.9 Å². The Morgan fingerprint density at radius 3 is 2.41 bits per heavy atom. The highest BCUT2D eigenvalue weighted by atomic mass is 35.5. The van der Waals surface area contributed by atoms with Gasteiger partial charge in [0, 0.05) is 27.9 Å². The van der Waals surface area contributed by atoms with Gasteiger partial charge in [0.05, 0.1) is 18.5 Å². The normalized spacial score (nSPS) is 10.9. The molecule has 0 radical (unpaired) electrons. The number of nitrogens with one attached hydrogen (secondary N) is 1. The number of anilines is 1. The lowest BCUT2D eigenvalue weighted by molar-refractivity contribution is 0.102. The van der Waals surface area contributed by atoms with Gasteiger partial charge in [0.25, 0.3) is 5.91 Å². The number of nitrogens with zero attached hydrogens (tertiary/aromatic N) is 5. The van der Waals surface area contributed by atoms with Crippen LogP contribution in [0.1, 0.15) is 33.1 Å². The van der Waals surface area contributed by atoms with Crippen molar-refractivity contribution in [3.8, 4) is 11.4 Å². The molecule has 0 atom stereocenters. The third-order valence-corrected chi connectivity index (χ3v) is 6.29. The summed E-state index contributed by atoms with van der Waals surface area (Å²) >= 11 is 7.76. The molecule has 2 aromatic heterocycles. The number of carbonyl (C=O) groups is 1. The lowest BCUT2D eigenvalue weighted by Gasteiger charge is -2.10. The lowest BCUT2D eigenvalue weighted by Crippen LogP contribution is -2.15. The minimum absolute atomic E-state index is 0.212. The van der Waals surface area contributed by atoms with Gasteiger partial charge in [-0.2, -0.15) is 0 Å². The lowest BCUT2D eigenvalue weighted by atomic mass is 10.2. The molecule has 10 heteroatoms. The quantitative estimate of drug-likeness (QED) is 0.279. The van der Waals surface area contributed by atoms with Crippen LogP contribution in [0.3, 0.4) is 0 Å². The molecule has 2 heterocycles. The number of aryl methyl sites for hydroxylation is 3. The smallest absolute Gasteiger partial charge is 0.278 e. The van der Waals surface area contributed by atoms with Crippen LogP contribution < -0.4 is 10.1 Å².